The van der Waals surface area contributed by atoms with Crippen LogP contribution < -0.4 is 10.5 Å². The molecule has 0 fully saturated rings. The van der Waals surface area contributed by atoms with Gasteiger partial charge in [0, 0.05) is 44.1 Å². The predicted octanol–water partition coefficient (Wildman–Crippen LogP) is 3.25. The van der Waals surface area contributed by atoms with Crippen LogP contribution in [0.4, 0.5) is 4.39 Å². The Morgan fingerprint density at radius 1 is 1.18 bits per heavy atom. The average molecular weight is 468 g/mol. The average Bonchev–Trinajstić information content (AvgIpc) is 2.83. The molecule has 1 aliphatic rings. The third kappa shape index (κ3) is 5.69. The van der Waals surface area contributed by atoms with Crippen LogP contribution in [0.2, 0.25) is 0 Å². The zero-order chi connectivity index (χ0) is 24.8. The molecule has 2 aromatic rings. The fourth-order valence-electron chi connectivity index (χ4n) is 3.67. The summed E-state index contributed by atoms with van der Waals surface area (Å²) in [6.07, 6.45) is 2.61. The van der Waals surface area contributed by atoms with Gasteiger partial charge in [0.15, 0.2) is 11.6 Å². The molecule has 7 nitrogen and oxygen atoms in total. The van der Waals surface area contributed by atoms with E-state index in [2.05, 4.69) is 4.99 Å². The molecule has 1 unspecified atom stereocenters. The Morgan fingerprint density at radius 3 is 2.47 bits per heavy atom. The van der Waals surface area contributed by atoms with Crippen molar-refractivity contribution in [1.29, 1.82) is 0 Å². The van der Waals surface area contributed by atoms with Gasteiger partial charge in [0.1, 0.15) is 12.3 Å². The van der Waals surface area contributed by atoms with Crippen LogP contribution in [0.25, 0.3) is 5.70 Å². The van der Waals surface area contributed by atoms with Gasteiger partial charge in [-0.05, 0) is 48.2 Å². The van der Waals surface area contributed by atoms with Crippen molar-refractivity contribution in [3.63, 3.8) is 0 Å². The Labute approximate surface area is 199 Å². The number of methoxy groups -OCH3 is 1. The lowest BCUT2D eigenvalue weighted by Gasteiger charge is -2.23. The van der Waals surface area contributed by atoms with E-state index in [1.807, 2.05) is 6.92 Å². The smallest absolute Gasteiger partial charge is 0.253 e. The Bertz CT molecular complexity index is 1120. The van der Waals surface area contributed by atoms with Crippen LogP contribution in [0.5, 0.6) is 5.75 Å². The molecular formula is C26H30FN3O4. The number of halogens is 1. The Morgan fingerprint density at radius 2 is 1.85 bits per heavy atom. The first-order valence-electron chi connectivity index (χ1n) is 11.1. The molecule has 1 atom stereocenters. The molecule has 1 aliphatic heterocycles. The van der Waals surface area contributed by atoms with Crippen LogP contribution in [0.15, 0.2) is 47.5 Å². The summed E-state index contributed by atoms with van der Waals surface area (Å²) in [7, 11) is 4.89. The second-order valence-electron chi connectivity index (χ2n) is 8.27. The number of carbonyl (C=O) groups is 2. The fraction of sp³-hybridized carbons (Fsp3) is 0.346. The van der Waals surface area contributed by atoms with Crippen LogP contribution in [0.3, 0.4) is 0 Å². The first-order valence-corrected chi connectivity index (χ1v) is 11.1. The van der Waals surface area contributed by atoms with E-state index in [1.54, 1.807) is 51.5 Å². The molecule has 3 rings (SSSR count). The summed E-state index contributed by atoms with van der Waals surface area (Å²) in [6, 6.07) is 9.52. The highest BCUT2D eigenvalue weighted by Crippen LogP contribution is 2.29. The maximum Gasteiger partial charge on any atom is 0.253 e. The Kier molecular flexibility index (Phi) is 8.17. The number of ether oxygens (including phenoxy) is 2. The number of fused-ring (bicyclic) bond motifs is 1. The number of allylic oxidation sites excluding steroid dienone is 1. The number of ketones is 1. The zero-order valence-corrected chi connectivity index (χ0v) is 19.9. The molecule has 0 aliphatic carbocycles. The first-order chi connectivity index (χ1) is 16.2. The second-order valence-corrected chi connectivity index (χ2v) is 8.27. The lowest BCUT2D eigenvalue weighted by molar-refractivity contribution is -0.108. The van der Waals surface area contributed by atoms with E-state index in [0.717, 1.165) is 12.0 Å². The summed E-state index contributed by atoms with van der Waals surface area (Å²) in [4.78, 5) is 31.3. The minimum absolute atomic E-state index is 0.102. The SMILES string of the molecule is CCC1Cc2cc(OCCOC)c(F)cc2C(C(=O)C=C(N)c2ccc(C(=O)N(C)C)cc2)=N1. The number of nitrogens with two attached hydrogens (primary N) is 1. The van der Waals surface area contributed by atoms with Crippen molar-refractivity contribution in [2.75, 3.05) is 34.4 Å². The van der Waals surface area contributed by atoms with Crippen LogP contribution in [-0.2, 0) is 16.0 Å². The largest absolute Gasteiger partial charge is 0.488 e. The molecule has 0 spiro atoms. The van der Waals surface area contributed by atoms with E-state index in [9.17, 15) is 14.0 Å². The van der Waals surface area contributed by atoms with Crippen molar-refractivity contribution in [2.24, 2.45) is 10.7 Å². The number of carbonyl (C=O) groups excluding carboxylic acids is 2. The predicted molar refractivity (Wildman–Crippen MR) is 130 cm³/mol. The number of aliphatic imine (C=N–C) groups is 1. The van der Waals surface area contributed by atoms with E-state index in [0.29, 0.717) is 29.7 Å². The molecule has 0 aromatic heterocycles. The molecule has 1 amide bonds. The molecule has 34 heavy (non-hydrogen) atoms. The molecule has 2 aromatic carbocycles. The van der Waals surface area contributed by atoms with Crippen molar-refractivity contribution < 1.29 is 23.5 Å². The van der Waals surface area contributed by atoms with Crippen LogP contribution >= 0.6 is 0 Å². The summed E-state index contributed by atoms with van der Waals surface area (Å²) >= 11 is 0. The van der Waals surface area contributed by atoms with Crippen molar-refractivity contribution in [2.45, 2.75) is 25.8 Å². The summed E-state index contributed by atoms with van der Waals surface area (Å²) in [5.74, 6) is -0.973. The number of amides is 1. The summed E-state index contributed by atoms with van der Waals surface area (Å²) in [5.41, 5.74) is 8.96. The Hall–Kier alpha value is -3.52. The molecule has 8 heteroatoms. The monoisotopic (exact) mass is 467 g/mol. The number of nitrogens with zero attached hydrogens (tertiary/aromatic N) is 2. The van der Waals surface area contributed by atoms with Gasteiger partial charge in [0.05, 0.1) is 12.6 Å². The van der Waals surface area contributed by atoms with Gasteiger partial charge in [-0.3, -0.25) is 14.6 Å². The molecule has 2 N–H and O–H groups in total. The fourth-order valence-corrected chi connectivity index (χ4v) is 3.67. The van der Waals surface area contributed by atoms with E-state index < -0.39 is 11.6 Å². The van der Waals surface area contributed by atoms with Gasteiger partial charge in [0.2, 0.25) is 5.78 Å². The number of hydrogen-bond acceptors (Lipinski definition) is 6. The summed E-state index contributed by atoms with van der Waals surface area (Å²) in [6.45, 7) is 2.55. The molecule has 0 radical (unpaired) electrons. The van der Waals surface area contributed by atoms with Crippen molar-refractivity contribution in [1.82, 2.24) is 4.90 Å². The van der Waals surface area contributed by atoms with Crippen molar-refractivity contribution in [3.8, 4) is 5.75 Å². The third-order valence-corrected chi connectivity index (χ3v) is 5.59. The maximum atomic E-state index is 14.7. The van der Waals surface area contributed by atoms with Gasteiger partial charge in [-0.15, -0.1) is 0 Å². The van der Waals surface area contributed by atoms with Crippen LogP contribution in [0.1, 0.15) is 40.4 Å². The Balaban J connectivity index is 1.89. The van der Waals surface area contributed by atoms with E-state index in [1.165, 1.54) is 17.0 Å². The van der Waals surface area contributed by atoms with E-state index in [-0.39, 0.29) is 35.7 Å². The van der Waals surface area contributed by atoms with Gasteiger partial charge in [0.25, 0.3) is 5.91 Å². The van der Waals surface area contributed by atoms with Crippen LogP contribution in [0, 0.1) is 5.82 Å². The lowest BCUT2D eigenvalue weighted by Crippen LogP contribution is -2.26. The van der Waals surface area contributed by atoms with Gasteiger partial charge < -0.3 is 20.1 Å². The van der Waals surface area contributed by atoms with Crippen molar-refractivity contribution >= 4 is 23.1 Å². The second kappa shape index (κ2) is 11.1. The molecule has 0 saturated carbocycles. The first kappa shape index (κ1) is 25.1. The van der Waals surface area contributed by atoms with Crippen molar-refractivity contribution in [3.05, 3.63) is 70.5 Å². The maximum absolute atomic E-state index is 14.7. The molecule has 0 bridgehead atoms. The van der Waals surface area contributed by atoms with Crippen LogP contribution in [-0.4, -0.2) is 62.8 Å². The topological polar surface area (TPSA) is 94.2 Å². The lowest BCUT2D eigenvalue weighted by atomic mass is 9.90. The standard InChI is InChI=1S/C26H30FN3O4/c1-5-19-12-18-13-24(34-11-10-33-4)21(27)14-20(18)25(29-19)23(31)15-22(28)16-6-8-17(9-7-16)26(32)30(2)3/h6-9,13-15,19H,5,10-12,28H2,1-4H3. The highest BCUT2D eigenvalue weighted by molar-refractivity contribution is 6.51. The van der Waals surface area contributed by atoms with Gasteiger partial charge in [-0.1, -0.05) is 19.1 Å². The minimum Gasteiger partial charge on any atom is -0.488 e. The quantitative estimate of drug-likeness (QED) is 0.451. The number of rotatable bonds is 9. The van der Waals surface area contributed by atoms with Gasteiger partial charge in [-0.25, -0.2) is 4.39 Å². The zero-order valence-electron chi connectivity index (χ0n) is 19.9. The molecule has 1 heterocycles. The third-order valence-electron chi connectivity index (χ3n) is 5.59. The normalized spacial score (nSPS) is 15.4. The van der Waals surface area contributed by atoms with Gasteiger partial charge in [-0.2, -0.15) is 0 Å². The summed E-state index contributed by atoms with van der Waals surface area (Å²) in [5, 5.41) is 0. The highest BCUT2D eigenvalue weighted by atomic mass is 19.1. The molecule has 0 saturated heterocycles. The highest BCUT2D eigenvalue weighted by Gasteiger charge is 2.26. The molecule has 180 valence electrons. The van der Waals surface area contributed by atoms with E-state index in [4.69, 9.17) is 15.2 Å². The molecular weight excluding hydrogens is 437 g/mol. The summed E-state index contributed by atoms with van der Waals surface area (Å²) < 4.78 is 25.1. The number of benzene rings is 2. The minimum atomic E-state index is -0.566. The van der Waals surface area contributed by atoms with Gasteiger partial charge >= 0.3 is 0 Å². The van der Waals surface area contributed by atoms with E-state index >= 15 is 0 Å². The number of hydrogen-bond donors (Lipinski definition) is 1.